The van der Waals surface area contributed by atoms with Crippen molar-refractivity contribution in [1.29, 1.82) is 0 Å². The summed E-state index contributed by atoms with van der Waals surface area (Å²) in [4.78, 5) is 2.01. The lowest BCUT2D eigenvalue weighted by Gasteiger charge is -2.24. The number of alkyl halides is 3. The molecular formula is C14H21F3N2. The molecule has 0 heterocycles. The molecule has 1 aromatic rings. The van der Waals surface area contributed by atoms with Gasteiger partial charge in [0.05, 0.1) is 5.56 Å². The zero-order chi connectivity index (χ0) is 14.6. The number of hydrogen-bond acceptors (Lipinski definition) is 2. The molecule has 2 nitrogen and oxygen atoms in total. The highest BCUT2D eigenvalue weighted by atomic mass is 19.4. The number of benzene rings is 1. The summed E-state index contributed by atoms with van der Waals surface area (Å²) < 4.78 is 38.9. The standard InChI is InChI=1S/C14H21F3N2/c1-4-19(8-10(2)3)9-11-5-6-12(18)7-13(11)14(15,16)17/h5-7,10H,4,8-9,18H2,1-3H3. The van der Waals surface area contributed by atoms with Crippen LogP contribution in [0.25, 0.3) is 0 Å². The van der Waals surface area contributed by atoms with Crippen LogP contribution < -0.4 is 5.73 Å². The van der Waals surface area contributed by atoms with Crippen LogP contribution in [0.1, 0.15) is 31.9 Å². The summed E-state index contributed by atoms with van der Waals surface area (Å²) in [6.45, 7) is 7.85. The van der Waals surface area contributed by atoms with E-state index < -0.39 is 11.7 Å². The molecule has 0 unspecified atom stereocenters. The summed E-state index contributed by atoms with van der Waals surface area (Å²) in [5.74, 6) is 0.420. The van der Waals surface area contributed by atoms with Crippen LogP contribution in [-0.2, 0) is 12.7 Å². The van der Waals surface area contributed by atoms with E-state index in [1.807, 2.05) is 11.8 Å². The Morgan fingerprint density at radius 2 is 1.89 bits per heavy atom. The van der Waals surface area contributed by atoms with Crippen molar-refractivity contribution in [3.63, 3.8) is 0 Å². The second-order valence-electron chi connectivity index (χ2n) is 5.14. The molecule has 1 aromatic carbocycles. The Hall–Kier alpha value is -1.23. The van der Waals surface area contributed by atoms with E-state index in [4.69, 9.17) is 5.73 Å². The highest BCUT2D eigenvalue weighted by Gasteiger charge is 2.33. The molecule has 2 N–H and O–H groups in total. The lowest BCUT2D eigenvalue weighted by atomic mass is 10.0. The zero-order valence-electron chi connectivity index (χ0n) is 11.6. The van der Waals surface area contributed by atoms with Crippen LogP contribution in [0.5, 0.6) is 0 Å². The van der Waals surface area contributed by atoms with Gasteiger partial charge >= 0.3 is 6.18 Å². The number of hydrogen-bond donors (Lipinski definition) is 1. The van der Waals surface area contributed by atoms with E-state index in [9.17, 15) is 13.2 Å². The summed E-state index contributed by atoms with van der Waals surface area (Å²) in [5.41, 5.74) is 5.25. The minimum absolute atomic E-state index is 0.142. The largest absolute Gasteiger partial charge is 0.416 e. The van der Waals surface area contributed by atoms with Gasteiger partial charge in [-0.15, -0.1) is 0 Å². The molecule has 0 bridgehead atoms. The van der Waals surface area contributed by atoms with Gasteiger partial charge in [-0.2, -0.15) is 13.2 Å². The van der Waals surface area contributed by atoms with Crippen molar-refractivity contribution in [2.75, 3.05) is 18.8 Å². The number of nitrogens with two attached hydrogens (primary N) is 1. The third-order valence-corrected chi connectivity index (χ3v) is 2.90. The SMILES string of the molecule is CCN(Cc1ccc(N)cc1C(F)(F)F)CC(C)C. The Morgan fingerprint density at radius 1 is 1.26 bits per heavy atom. The van der Waals surface area contributed by atoms with Crippen LogP contribution in [0.15, 0.2) is 18.2 Å². The van der Waals surface area contributed by atoms with E-state index in [-0.39, 0.29) is 11.3 Å². The van der Waals surface area contributed by atoms with Crippen molar-refractivity contribution in [2.24, 2.45) is 5.92 Å². The average molecular weight is 274 g/mol. The molecule has 0 amide bonds. The molecule has 0 fully saturated rings. The molecular weight excluding hydrogens is 253 g/mol. The second-order valence-corrected chi connectivity index (χ2v) is 5.14. The molecule has 5 heteroatoms. The molecule has 0 aromatic heterocycles. The molecule has 0 aliphatic heterocycles. The average Bonchev–Trinajstić information content (AvgIpc) is 2.28. The molecule has 19 heavy (non-hydrogen) atoms. The Morgan fingerprint density at radius 3 is 2.37 bits per heavy atom. The van der Waals surface area contributed by atoms with E-state index in [0.717, 1.165) is 19.2 Å². The molecule has 0 spiro atoms. The third kappa shape index (κ3) is 4.74. The lowest BCUT2D eigenvalue weighted by molar-refractivity contribution is -0.138. The van der Waals surface area contributed by atoms with Gasteiger partial charge in [0.25, 0.3) is 0 Å². The Bertz CT molecular complexity index is 414. The Labute approximate surface area is 112 Å². The van der Waals surface area contributed by atoms with Gasteiger partial charge in [0.1, 0.15) is 0 Å². The van der Waals surface area contributed by atoms with Crippen LogP contribution in [0.2, 0.25) is 0 Å². The minimum atomic E-state index is -4.36. The van der Waals surface area contributed by atoms with Gasteiger partial charge in [-0.1, -0.05) is 26.8 Å². The van der Waals surface area contributed by atoms with Crippen LogP contribution >= 0.6 is 0 Å². The molecule has 0 radical (unpaired) electrons. The zero-order valence-corrected chi connectivity index (χ0v) is 11.6. The van der Waals surface area contributed by atoms with Gasteiger partial charge in [-0.3, -0.25) is 4.90 Å². The fourth-order valence-electron chi connectivity index (χ4n) is 2.06. The van der Waals surface area contributed by atoms with E-state index in [0.29, 0.717) is 12.5 Å². The van der Waals surface area contributed by atoms with Gasteiger partial charge in [0.2, 0.25) is 0 Å². The van der Waals surface area contributed by atoms with Gasteiger partial charge in [0.15, 0.2) is 0 Å². The maximum absolute atomic E-state index is 13.0. The quantitative estimate of drug-likeness (QED) is 0.828. The first-order valence-electron chi connectivity index (χ1n) is 6.42. The predicted octanol–water partition coefficient (Wildman–Crippen LogP) is 3.77. The smallest absolute Gasteiger partial charge is 0.399 e. The summed E-state index contributed by atoms with van der Waals surface area (Å²) in [5, 5.41) is 0. The second kappa shape index (κ2) is 6.28. The van der Waals surface area contributed by atoms with Crippen molar-refractivity contribution in [1.82, 2.24) is 4.90 Å². The summed E-state index contributed by atoms with van der Waals surface area (Å²) in [6.07, 6.45) is -4.36. The monoisotopic (exact) mass is 274 g/mol. The highest BCUT2D eigenvalue weighted by Crippen LogP contribution is 2.33. The van der Waals surface area contributed by atoms with Crippen LogP contribution in [-0.4, -0.2) is 18.0 Å². The van der Waals surface area contributed by atoms with Crippen molar-refractivity contribution in [3.8, 4) is 0 Å². The van der Waals surface area contributed by atoms with Crippen molar-refractivity contribution < 1.29 is 13.2 Å². The minimum Gasteiger partial charge on any atom is -0.399 e. The van der Waals surface area contributed by atoms with Gasteiger partial charge in [-0.05, 0) is 30.2 Å². The normalized spacial score (nSPS) is 12.4. The maximum Gasteiger partial charge on any atom is 0.416 e. The Balaban J connectivity index is 2.99. The summed E-state index contributed by atoms with van der Waals surface area (Å²) >= 11 is 0. The van der Waals surface area contributed by atoms with E-state index in [1.54, 1.807) is 0 Å². The van der Waals surface area contributed by atoms with Gasteiger partial charge in [-0.25, -0.2) is 0 Å². The first-order chi connectivity index (χ1) is 8.74. The number of nitrogens with zero attached hydrogens (tertiary/aromatic N) is 1. The van der Waals surface area contributed by atoms with Crippen LogP contribution in [0.3, 0.4) is 0 Å². The van der Waals surface area contributed by atoms with Crippen molar-refractivity contribution in [3.05, 3.63) is 29.3 Å². The van der Waals surface area contributed by atoms with E-state index in [1.165, 1.54) is 12.1 Å². The summed E-state index contributed by atoms with van der Waals surface area (Å²) in [7, 11) is 0. The first kappa shape index (κ1) is 15.8. The van der Waals surface area contributed by atoms with E-state index in [2.05, 4.69) is 13.8 Å². The molecule has 0 aliphatic rings. The molecule has 108 valence electrons. The number of rotatable bonds is 5. The maximum atomic E-state index is 13.0. The number of halogens is 3. The van der Waals surface area contributed by atoms with Crippen LogP contribution in [0.4, 0.5) is 18.9 Å². The molecule has 0 saturated heterocycles. The Kier molecular flexibility index (Phi) is 5.23. The number of nitrogen functional groups attached to an aromatic ring is 1. The fourth-order valence-corrected chi connectivity index (χ4v) is 2.06. The molecule has 0 atom stereocenters. The fraction of sp³-hybridized carbons (Fsp3) is 0.571. The predicted molar refractivity (Wildman–Crippen MR) is 71.6 cm³/mol. The summed E-state index contributed by atoms with van der Waals surface area (Å²) in [6, 6.07) is 4.01. The molecule has 0 saturated carbocycles. The number of anilines is 1. The van der Waals surface area contributed by atoms with E-state index >= 15 is 0 Å². The van der Waals surface area contributed by atoms with Gasteiger partial charge < -0.3 is 5.73 Å². The van der Waals surface area contributed by atoms with Crippen molar-refractivity contribution in [2.45, 2.75) is 33.5 Å². The molecule has 1 rings (SSSR count). The highest BCUT2D eigenvalue weighted by molar-refractivity contribution is 5.46. The lowest BCUT2D eigenvalue weighted by Crippen LogP contribution is -2.28. The molecule has 0 aliphatic carbocycles. The first-order valence-corrected chi connectivity index (χ1v) is 6.42. The third-order valence-electron chi connectivity index (χ3n) is 2.90. The van der Waals surface area contributed by atoms with Crippen LogP contribution in [0, 0.1) is 5.92 Å². The van der Waals surface area contributed by atoms with Gasteiger partial charge in [0, 0.05) is 18.8 Å². The topological polar surface area (TPSA) is 29.3 Å². The van der Waals surface area contributed by atoms with Crippen molar-refractivity contribution >= 4 is 5.69 Å².